The summed E-state index contributed by atoms with van der Waals surface area (Å²) in [7, 11) is 1.79. The fraction of sp³-hybridized carbons (Fsp3) is 0.444. The van der Waals surface area contributed by atoms with Gasteiger partial charge in [0.25, 0.3) is 6.43 Å². The maximum atomic E-state index is 13.1. The van der Waals surface area contributed by atoms with E-state index in [1.54, 1.807) is 53.3 Å². The van der Waals surface area contributed by atoms with Gasteiger partial charge in [-0.05, 0) is 25.8 Å². The lowest BCUT2D eigenvalue weighted by molar-refractivity contribution is 0.0639. The molecule has 14 heteroatoms. The molecule has 2 aliphatic rings. The quantitative estimate of drug-likeness (QED) is 0.370. The first-order valence-electron chi connectivity index (χ1n) is 13.4. The van der Waals surface area contributed by atoms with Crippen LogP contribution in [0.5, 0.6) is 17.5 Å². The Morgan fingerprint density at radius 3 is 2.76 bits per heavy atom. The second kappa shape index (κ2) is 11.6. The molecule has 4 aromatic heterocycles. The Morgan fingerprint density at radius 1 is 1.07 bits per heavy atom. The van der Waals surface area contributed by atoms with E-state index in [4.69, 9.17) is 18.9 Å². The minimum atomic E-state index is -2.65. The number of nitrogens with zero attached hydrogens (tertiary/aromatic N) is 7. The Balaban J connectivity index is 1.39. The molecule has 2 aliphatic heterocycles. The van der Waals surface area contributed by atoms with Gasteiger partial charge in [0, 0.05) is 56.9 Å². The van der Waals surface area contributed by atoms with Crippen LogP contribution in [0.25, 0.3) is 22.5 Å². The lowest BCUT2D eigenvalue weighted by Crippen LogP contribution is -2.20. The molecule has 1 atom stereocenters. The van der Waals surface area contributed by atoms with E-state index in [1.165, 1.54) is 0 Å². The van der Waals surface area contributed by atoms with Gasteiger partial charge in [-0.1, -0.05) is 0 Å². The highest BCUT2D eigenvalue weighted by molar-refractivity contribution is 5.75. The molecule has 4 aromatic rings. The maximum absolute atomic E-state index is 13.1. The fourth-order valence-corrected chi connectivity index (χ4v) is 4.79. The van der Waals surface area contributed by atoms with Gasteiger partial charge in [0.2, 0.25) is 11.8 Å². The summed E-state index contributed by atoms with van der Waals surface area (Å²) < 4.78 is 53.1. The first-order chi connectivity index (χ1) is 19.9. The maximum Gasteiger partial charge on any atom is 0.272 e. The highest BCUT2D eigenvalue weighted by atomic mass is 19.3. The van der Waals surface area contributed by atoms with Crippen LogP contribution in [0.3, 0.4) is 0 Å². The smallest absolute Gasteiger partial charge is 0.272 e. The molecule has 6 rings (SSSR count). The summed E-state index contributed by atoms with van der Waals surface area (Å²) in [5.41, 5.74) is 1.75. The number of nitrogens with one attached hydrogen (secondary N) is 1. The van der Waals surface area contributed by atoms with Crippen molar-refractivity contribution in [1.29, 1.82) is 0 Å². The molecule has 41 heavy (non-hydrogen) atoms. The van der Waals surface area contributed by atoms with Crippen molar-refractivity contribution in [1.82, 2.24) is 34.5 Å². The summed E-state index contributed by atoms with van der Waals surface area (Å²) in [6.45, 7) is 2.72. The van der Waals surface area contributed by atoms with Crippen molar-refractivity contribution in [2.24, 2.45) is 7.05 Å². The summed E-state index contributed by atoms with van der Waals surface area (Å²) in [4.78, 5) is 13.6. The van der Waals surface area contributed by atoms with Crippen molar-refractivity contribution in [2.45, 2.75) is 44.8 Å². The Bertz CT molecular complexity index is 1500. The third-order valence-electron chi connectivity index (χ3n) is 6.89. The van der Waals surface area contributed by atoms with E-state index in [-0.39, 0.29) is 18.0 Å². The minimum absolute atomic E-state index is 0.0649. The molecular formula is C27H30F2N8O4. The fourth-order valence-electron chi connectivity index (χ4n) is 4.79. The summed E-state index contributed by atoms with van der Waals surface area (Å²) in [5.74, 6) is 2.57. The average molecular weight is 569 g/mol. The number of alkyl halides is 2. The molecule has 12 nitrogen and oxygen atoms in total. The zero-order valence-electron chi connectivity index (χ0n) is 22.7. The predicted octanol–water partition coefficient (Wildman–Crippen LogP) is 4.42. The number of hydrogen-bond acceptors (Lipinski definition) is 10. The molecule has 0 spiro atoms. The van der Waals surface area contributed by atoms with Gasteiger partial charge >= 0.3 is 0 Å². The van der Waals surface area contributed by atoms with Crippen molar-refractivity contribution in [2.75, 3.05) is 31.7 Å². The zero-order chi connectivity index (χ0) is 28.3. The summed E-state index contributed by atoms with van der Waals surface area (Å²) in [6.07, 6.45) is 5.88. The van der Waals surface area contributed by atoms with E-state index in [0.29, 0.717) is 72.0 Å². The molecule has 6 heterocycles. The molecule has 0 aliphatic carbocycles. The Kier molecular flexibility index (Phi) is 7.63. The van der Waals surface area contributed by atoms with Gasteiger partial charge < -0.3 is 24.3 Å². The number of anilines is 2. The minimum Gasteiger partial charge on any atom is -0.490 e. The van der Waals surface area contributed by atoms with Crippen LogP contribution in [-0.2, 0) is 11.8 Å². The summed E-state index contributed by atoms with van der Waals surface area (Å²) in [6, 6.07) is 3.53. The van der Waals surface area contributed by atoms with Crippen molar-refractivity contribution in [3.8, 4) is 40.0 Å². The normalized spacial score (nSPS) is 17.6. The van der Waals surface area contributed by atoms with Crippen LogP contribution in [0.1, 0.15) is 32.2 Å². The third-order valence-corrected chi connectivity index (χ3v) is 6.89. The van der Waals surface area contributed by atoms with Gasteiger partial charge in [0.15, 0.2) is 12.4 Å². The molecule has 216 valence electrons. The second-order valence-electron chi connectivity index (χ2n) is 9.88. The number of aryl methyl sites for hydroxylation is 1. The number of hydrogen-bond donors (Lipinski definition) is 1. The molecule has 1 fully saturated rings. The number of pyridine rings is 1. The largest absolute Gasteiger partial charge is 0.490 e. The molecule has 4 bridgehead atoms. The van der Waals surface area contributed by atoms with E-state index in [2.05, 4.69) is 30.5 Å². The van der Waals surface area contributed by atoms with Gasteiger partial charge in [-0.2, -0.15) is 5.10 Å². The van der Waals surface area contributed by atoms with E-state index >= 15 is 0 Å². The van der Waals surface area contributed by atoms with Crippen molar-refractivity contribution in [3.05, 3.63) is 36.9 Å². The molecule has 0 radical (unpaired) electrons. The second-order valence-corrected chi connectivity index (χ2v) is 9.88. The van der Waals surface area contributed by atoms with Crippen LogP contribution in [0.4, 0.5) is 20.4 Å². The average Bonchev–Trinajstić information content (AvgIpc) is 3.56. The number of halogens is 2. The SMILES string of the molecule is C[C@H]1CCOc2c(cnn2C)-c2nccc(n2)Nc2cc(c(-c3cn(C4CCOCC4)nc3OCC(F)F)cn2)O1. The molecule has 1 N–H and O–H groups in total. The molecule has 0 amide bonds. The first-order valence-corrected chi connectivity index (χ1v) is 13.4. The van der Waals surface area contributed by atoms with Crippen LogP contribution in [0.2, 0.25) is 0 Å². The lowest BCUT2D eigenvalue weighted by atomic mass is 10.1. The standard InChI is InChI=1S/C27H30F2N8O4/c1-16-4-10-39-27-19(13-32-36(27)2)25-30-7-3-23(34-25)33-24-11-21(41-16)18(12-31-24)20-14-37(17-5-8-38-9-6-17)35-26(20)40-15-22(28)29/h3,7,11-14,16-17,22H,4-6,8-10,15H2,1-2H3,(H,30,31,33,34)/t16-/m0/s1. The predicted molar refractivity (Wildman–Crippen MR) is 144 cm³/mol. The van der Waals surface area contributed by atoms with E-state index in [9.17, 15) is 8.78 Å². The third kappa shape index (κ3) is 5.92. The molecule has 0 unspecified atom stereocenters. The van der Waals surface area contributed by atoms with Crippen molar-refractivity contribution < 1.29 is 27.7 Å². The van der Waals surface area contributed by atoms with Gasteiger partial charge in [-0.15, -0.1) is 5.10 Å². The highest BCUT2D eigenvalue weighted by Crippen LogP contribution is 2.39. The Labute approximate surface area is 234 Å². The summed E-state index contributed by atoms with van der Waals surface area (Å²) >= 11 is 0. The van der Waals surface area contributed by atoms with Crippen LogP contribution in [0.15, 0.2) is 36.9 Å². The number of fused-ring (bicyclic) bond motifs is 6. The molecule has 0 saturated carbocycles. The van der Waals surface area contributed by atoms with Crippen LogP contribution >= 0.6 is 0 Å². The molecular weight excluding hydrogens is 538 g/mol. The monoisotopic (exact) mass is 568 g/mol. The van der Waals surface area contributed by atoms with Crippen molar-refractivity contribution in [3.63, 3.8) is 0 Å². The zero-order valence-corrected chi connectivity index (χ0v) is 22.7. The van der Waals surface area contributed by atoms with E-state index < -0.39 is 13.0 Å². The number of ether oxygens (including phenoxy) is 4. The number of rotatable bonds is 5. The van der Waals surface area contributed by atoms with Gasteiger partial charge in [-0.3, -0.25) is 4.68 Å². The van der Waals surface area contributed by atoms with Crippen LogP contribution in [-0.4, -0.2) is 73.5 Å². The Morgan fingerprint density at radius 2 is 1.93 bits per heavy atom. The topological polar surface area (TPSA) is 123 Å². The molecule has 0 aromatic carbocycles. The van der Waals surface area contributed by atoms with Gasteiger partial charge in [0.1, 0.15) is 22.9 Å². The van der Waals surface area contributed by atoms with Gasteiger partial charge in [0.05, 0.1) is 30.5 Å². The van der Waals surface area contributed by atoms with Gasteiger partial charge in [-0.25, -0.2) is 28.4 Å². The Hall–Kier alpha value is -4.33. The van der Waals surface area contributed by atoms with E-state index in [1.807, 2.05) is 6.92 Å². The molecule has 1 saturated heterocycles. The van der Waals surface area contributed by atoms with E-state index in [0.717, 1.165) is 12.8 Å². The lowest BCUT2D eigenvalue weighted by Gasteiger charge is -2.22. The summed E-state index contributed by atoms with van der Waals surface area (Å²) in [5, 5.41) is 12.1. The number of aromatic nitrogens is 7. The first kappa shape index (κ1) is 26.9. The van der Waals surface area contributed by atoms with Crippen LogP contribution in [0, 0.1) is 0 Å². The van der Waals surface area contributed by atoms with Crippen LogP contribution < -0.4 is 19.5 Å². The highest BCUT2D eigenvalue weighted by Gasteiger charge is 2.25. The van der Waals surface area contributed by atoms with Crippen molar-refractivity contribution >= 4 is 11.6 Å².